The number of halogens is 1. The van der Waals surface area contributed by atoms with Gasteiger partial charge in [-0.1, -0.05) is 6.92 Å². The third-order valence-electron chi connectivity index (χ3n) is 2.50. The Balaban J connectivity index is 2.14. The largest absolute Gasteiger partial charge is 0.355 e. The lowest BCUT2D eigenvalue weighted by molar-refractivity contribution is 0.444. The van der Waals surface area contributed by atoms with Crippen LogP contribution in [-0.2, 0) is 0 Å². The number of piperidine rings is 1. The van der Waals surface area contributed by atoms with Gasteiger partial charge in [0.2, 0.25) is 5.28 Å². The Bertz CT molecular complexity index is 317. The van der Waals surface area contributed by atoms with Crippen LogP contribution in [0.3, 0.4) is 0 Å². The highest BCUT2D eigenvalue weighted by Crippen LogP contribution is 2.20. The Kier molecular flexibility index (Phi) is 2.82. The summed E-state index contributed by atoms with van der Waals surface area (Å²) >= 11 is 5.69. The van der Waals surface area contributed by atoms with Gasteiger partial charge < -0.3 is 4.90 Å². The predicted molar refractivity (Wildman–Crippen MR) is 55.4 cm³/mol. The number of aromatic nitrogens is 3. The minimum atomic E-state index is 0.223. The molecular weight excluding hydrogens is 200 g/mol. The minimum absolute atomic E-state index is 0.223. The molecule has 1 fully saturated rings. The standard InChI is InChI=1S/C9H13ClN4/c1-7-3-2-4-14(6-7)8-5-11-13-9(10)12-8/h5,7H,2-4,6H2,1H3. The zero-order chi connectivity index (χ0) is 9.97. The van der Waals surface area contributed by atoms with Gasteiger partial charge in [0.25, 0.3) is 0 Å². The molecule has 2 heterocycles. The molecule has 1 saturated heterocycles. The van der Waals surface area contributed by atoms with Gasteiger partial charge in [-0.25, -0.2) is 0 Å². The third-order valence-corrected chi connectivity index (χ3v) is 2.66. The molecule has 1 aliphatic heterocycles. The molecule has 1 unspecified atom stereocenters. The summed E-state index contributed by atoms with van der Waals surface area (Å²) in [6, 6.07) is 0. The fraction of sp³-hybridized carbons (Fsp3) is 0.667. The number of rotatable bonds is 1. The van der Waals surface area contributed by atoms with Crippen molar-refractivity contribution in [3.05, 3.63) is 11.5 Å². The zero-order valence-electron chi connectivity index (χ0n) is 8.15. The van der Waals surface area contributed by atoms with Crippen molar-refractivity contribution in [2.75, 3.05) is 18.0 Å². The lowest BCUT2D eigenvalue weighted by Crippen LogP contribution is -2.34. The minimum Gasteiger partial charge on any atom is -0.355 e. The summed E-state index contributed by atoms with van der Waals surface area (Å²) in [6.07, 6.45) is 4.18. The molecule has 0 saturated carbocycles. The van der Waals surface area contributed by atoms with E-state index in [1.807, 2.05) is 0 Å². The molecule has 76 valence electrons. The van der Waals surface area contributed by atoms with Gasteiger partial charge in [0.05, 0.1) is 6.20 Å². The van der Waals surface area contributed by atoms with E-state index in [1.165, 1.54) is 12.8 Å². The fourth-order valence-corrected chi connectivity index (χ4v) is 1.95. The first kappa shape index (κ1) is 9.65. The Morgan fingerprint density at radius 1 is 1.57 bits per heavy atom. The first-order chi connectivity index (χ1) is 6.75. The summed E-state index contributed by atoms with van der Waals surface area (Å²) in [7, 11) is 0. The van der Waals surface area contributed by atoms with Gasteiger partial charge in [-0.05, 0) is 30.4 Å². The molecule has 1 atom stereocenters. The van der Waals surface area contributed by atoms with Gasteiger partial charge in [-0.15, -0.1) is 5.10 Å². The van der Waals surface area contributed by atoms with Gasteiger partial charge >= 0.3 is 0 Å². The normalized spacial score (nSPS) is 22.4. The second kappa shape index (κ2) is 4.09. The van der Waals surface area contributed by atoms with Gasteiger partial charge in [0, 0.05) is 13.1 Å². The lowest BCUT2D eigenvalue weighted by Gasteiger charge is -2.31. The average molecular weight is 213 g/mol. The van der Waals surface area contributed by atoms with Crippen molar-refractivity contribution in [1.29, 1.82) is 0 Å². The maximum Gasteiger partial charge on any atom is 0.244 e. The van der Waals surface area contributed by atoms with Crippen molar-refractivity contribution in [1.82, 2.24) is 15.2 Å². The van der Waals surface area contributed by atoms with Crippen molar-refractivity contribution >= 4 is 17.4 Å². The maximum atomic E-state index is 5.69. The van der Waals surface area contributed by atoms with E-state index in [0.717, 1.165) is 24.8 Å². The summed E-state index contributed by atoms with van der Waals surface area (Å²) in [5, 5.41) is 7.65. The highest BCUT2D eigenvalue weighted by Gasteiger charge is 2.17. The van der Waals surface area contributed by atoms with Crippen LogP contribution in [0.15, 0.2) is 6.20 Å². The molecule has 2 rings (SSSR count). The maximum absolute atomic E-state index is 5.69. The summed E-state index contributed by atoms with van der Waals surface area (Å²) in [5.41, 5.74) is 0. The van der Waals surface area contributed by atoms with Gasteiger partial charge in [-0.2, -0.15) is 10.1 Å². The van der Waals surface area contributed by atoms with Crippen molar-refractivity contribution < 1.29 is 0 Å². The molecule has 5 heteroatoms. The Labute approximate surface area is 88.3 Å². The van der Waals surface area contributed by atoms with Crippen LogP contribution < -0.4 is 4.90 Å². The molecule has 0 amide bonds. The molecule has 0 radical (unpaired) electrons. The van der Waals surface area contributed by atoms with Crippen molar-refractivity contribution in [3.8, 4) is 0 Å². The average Bonchev–Trinajstić information content (AvgIpc) is 2.18. The van der Waals surface area contributed by atoms with Crippen LogP contribution in [0.1, 0.15) is 19.8 Å². The second-order valence-electron chi connectivity index (χ2n) is 3.78. The first-order valence-electron chi connectivity index (χ1n) is 4.86. The van der Waals surface area contributed by atoms with E-state index in [9.17, 15) is 0 Å². The molecule has 0 spiro atoms. The smallest absolute Gasteiger partial charge is 0.244 e. The number of hydrogen-bond acceptors (Lipinski definition) is 4. The van der Waals surface area contributed by atoms with Crippen LogP contribution in [-0.4, -0.2) is 28.3 Å². The molecular formula is C9H13ClN4. The second-order valence-corrected chi connectivity index (χ2v) is 4.12. The summed E-state index contributed by atoms with van der Waals surface area (Å²) < 4.78 is 0. The van der Waals surface area contributed by atoms with Crippen LogP contribution in [0.5, 0.6) is 0 Å². The predicted octanol–water partition coefficient (Wildman–Crippen LogP) is 1.76. The molecule has 0 aliphatic carbocycles. The molecule has 1 aromatic heterocycles. The van der Waals surface area contributed by atoms with Crippen LogP contribution in [0.25, 0.3) is 0 Å². The summed E-state index contributed by atoms with van der Waals surface area (Å²) in [6.45, 7) is 4.33. The lowest BCUT2D eigenvalue weighted by atomic mass is 10.0. The highest BCUT2D eigenvalue weighted by atomic mass is 35.5. The quantitative estimate of drug-likeness (QED) is 0.712. The molecule has 0 bridgehead atoms. The first-order valence-corrected chi connectivity index (χ1v) is 5.23. The van der Waals surface area contributed by atoms with Crippen LogP contribution in [0.2, 0.25) is 5.28 Å². The Morgan fingerprint density at radius 2 is 2.43 bits per heavy atom. The van der Waals surface area contributed by atoms with Crippen LogP contribution >= 0.6 is 11.6 Å². The third kappa shape index (κ3) is 2.12. The van der Waals surface area contributed by atoms with Crippen LogP contribution in [0, 0.1) is 5.92 Å². The Hall–Kier alpha value is -0.900. The van der Waals surface area contributed by atoms with Crippen molar-refractivity contribution in [3.63, 3.8) is 0 Å². The van der Waals surface area contributed by atoms with E-state index in [0.29, 0.717) is 0 Å². The SMILES string of the molecule is CC1CCCN(c2cnnc(Cl)n2)C1. The van der Waals surface area contributed by atoms with Crippen molar-refractivity contribution in [2.24, 2.45) is 5.92 Å². The van der Waals surface area contributed by atoms with Gasteiger partial charge in [0.15, 0.2) is 5.82 Å². The summed E-state index contributed by atoms with van der Waals surface area (Å²) in [4.78, 5) is 6.37. The molecule has 4 nitrogen and oxygen atoms in total. The van der Waals surface area contributed by atoms with Gasteiger partial charge in [0.1, 0.15) is 0 Å². The van der Waals surface area contributed by atoms with E-state index >= 15 is 0 Å². The molecule has 1 aromatic rings. The molecule has 0 N–H and O–H groups in total. The molecule has 1 aliphatic rings. The number of hydrogen-bond donors (Lipinski definition) is 0. The van der Waals surface area contributed by atoms with Crippen LogP contribution in [0.4, 0.5) is 5.82 Å². The van der Waals surface area contributed by atoms with E-state index in [1.54, 1.807) is 6.20 Å². The number of anilines is 1. The Morgan fingerprint density at radius 3 is 3.14 bits per heavy atom. The summed E-state index contributed by atoms with van der Waals surface area (Å²) in [5.74, 6) is 1.56. The fourth-order valence-electron chi connectivity index (χ4n) is 1.82. The van der Waals surface area contributed by atoms with Gasteiger partial charge in [-0.3, -0.25) is 0 Å². The number of nitrogens with zero attached hydrogens (tertiary/aromatic N) is 4. The van der Waals surface area contributed by atoms with E-state index in [2.05, 4.69) is 27.0 Å². The van der Waals surface area contributed by atoms with E-state index in [4.69, 9.17) is 11.6 Å². The monoisotopic (exact) mass is 212 g/mol. The van der Waals surface area contributed by atoms with E-state index < -0.39 is 0 Å². The van der Waals surface area contributed by atoms with Crippen molar-refractivity contribution in [2.45, 2.75) is 19.8 Å². The topological polar surface area (TPSA) is 41.9 Å². The molecule has 14 heavy (non-hydrogen) atoms. The highest BCUT2D eigenvalue weighted by molar-refractivity contribution is 6.28. The molecule has 0 aromatic carbocycles. The van der Waals surface area contributed by atoms with E-state index in [-0.39, 0.29) is 5.28 Å². The zero-order valence-corrected chi connectivity index (χ0v) is 8.91.